The molecule has 0 radical (unpaired) electrons. The standard InChI is InChI=1S/C7H13N/c1-4-7(2,3)5-6-8/h1H,5-6,8H2,2-3H3. The number of nitrogens with two attached hydrogens (primary N) is 1. The molecule has 1 nitrogen and oxygen atoms in total. The highest BCUT2D eigenvalue weighted by atomic mass is 14.5. The number of hydrogen-bond donors (Lipinski definition) is 1. The van der Waals surface area contributed by atoms with E-state index in [1.54, 1.807) is 0 Å². The Balaban J connectivity index is 3.59. The summed E-state index contributed by atoms with van der Waals surface area (Å²) in [5.41, 5.74) is 5.29. The van der Waals surface area contributed by atoms with Crippen LogP contribution >= 0.6 is 0 Å². The molecule has 0 unspecified atom stereocenters. The van der Waals surface area contributed by atoms with E-state index in [1.165, 1.54) is 0 Å². The summed E-state index contributed by atoms with van der Waals surface area (Å²) in [4.78, 5) is 0. The van der Waals surface area contributed by atoms with Gasteiger partial charge >= 0.3 is 0 Å². The molecule has 0 heterocycles. The van der Waals surface area contributed by atoms with Crippen LogP contribution in [0.2, 0.25) is 0 Å². The second kappa shape index (κ2) is 2.74. The first-order valence-electron chi connectivity index (χ1n) is 2.80. The van der Waals surface area contributed by atoms with Crippen molar-refractivity contribution >= 4 is 0 Å². The third kappa shape index (κ3) is 2.65. The van der Waals surface area contributed by atoms with Gasteiger partial charge < -0.3 is 5.73 Å². The Kier molecular flexibility index (Phi) is 2.57. The third-order valence-electron chi connectivity index (χ3n) is 1.16. The number of hydrogen-bond acceptors (Lipinski definition) is 1. The van der Waals surface area contributed by atoms with Crippen molar-refractivity contribution in [3.8, 4) is 12.3 Å². The van der Waals surface area contributed by atoms with Crippen LogP contribution in [0.15, 0.2) is 0 Å². The van der Waals surface area contributed by atoms with E-state index in [9.17, 15) is 0 Å². The highest BCUT2D eigenvalue weighted by Gasteiger charge is 2.10. The summed E-state index contributed by atoms with van der Waals surface area (Å²) < 4.78 is 0. The summed E-state index contributed by atoms with van der Waals surface area (Å²) >= 11 is 0. The molecule has 0 saturated carbocycles. The molecule has 0 atom stereocenters. The Morgan fingerprint density at radius 2 is 2.12 bits per heavy atom. The maximum Gasteiger partial charge on any atom is 0.0267 e. The van der Waals surface area contributed by atoms with Gasteiger partial charge in [0.05, 0.1) is 0 Å². The molecule has 0 bridgehead atoms. The fourth-order valence-corrected chi connectivity index (χ4v) is 0.433. The lowest BCUT2D eigenvalue weighted by atomic mass is 9.91. The van der Waals surface area contributed by atoms with E-state index in [0.717, 1.165) is 6.42 Å². The molecule has 0 aliphatic rings. The molecular formula is C7H13N. The first-order valence-corrected chi connectivity index (χ1v) is 2.80. The van der Waals surface area contributed by atoms with E-state index in [4.69, 9.17) is 12.2 Å². The summed E-state index contributed by atoms with van der Waals surface area (Å²) in [5, 5.41) is 0. The summed E-state index contributed by atoms with van der Waals surface area (Å²) in [5.74, 6) is 2.66. The van der Waals surface area contributed by atoms with Crippen LogP contribution in [-0.4, -0.2) is 6.54 Å². The van der Waals surface area contributed by atoms with Crippen molar-refractivity contribution in [3.05, 3.63) is 0 Å². The predicted molar refractivity (Wildman–Crippen MR) is 36.3 cm³/mol. The molecule has 0 spiro atoms. The zero-order valence-corrected chi connectivity index (χ0v) is 5.57. The molecule has 0 aliphatic heterocycles. The molecule has 46 valence electrons. The van der Waals surface area contributed by atoms with Gasteiger partial charge in [0.1, 0.15) is 0 Å². The van der Waals surface area contributed by atoms with Gasteiger partial charge in [-0.15, -0.1) is 12.3 Å². The van der Waals surface area contributed by atoms with Crippen molar-refractivity contribution in [2.24, 2.45) is 11.1 Å². The monoisotopic (exact) mass is 111 g/mol. The summed E-state index contributed by atoms with van der Waals surface area (Å²) in [7, 11) is 0. The van der Waals surface area contributed by atoms with E-state index < -0.39 is 0 Å². The van der Waals surface area contributed by atoms with Crippen molar-refractivity contribution in [1.29, 1.82) is 0 Å². The second-order valence-electron chi connectivity index (χ2n) is 2.57. The maximum atomic E-state index is 5.29. The summed E-state index contributed by atoms with van der Waals surface area (Å²) in [6.07, 6.45) is 6.09. The van der Waals surface area contributed by atoms with Crippen LogP contribution < -0.4 is 5.73 Å². The normalized spacial score (nSPS) is 10.8. The molecule has 0 rings (SSSR count). The SMILES string of the molecule is C#CC(C)(C)CCN. The fraction of sp³-hybridized carbons (Fsp3) is 0.714. The third-order valence-corrected chi connectivity index (χ3v) is 1.16. The first-order chi connectivity index (χ1) is 3.62. The minimum Gasteiger partial charge on any atom is -0.330 e. The van der Waals surface area contributed by atoms with Crippen LogP contribution in [0.25, 0.3) is 0 Å². The van der Waals surface area contributed by atoms with Gasteiger partial charge in [-0.25, -0.2) is 0 Å². The highest BCUT2D eigenvalue weighted by molar-refractivity contribution is 5.00. The molecule has 0 saturated heterocycles. The second-order valence-corrected chi connectivity index (χ2v) is 2.57. The lowest BCUT2D eigenvalue weighted by Gasteiger charge is -2.14. The zero-order valence-electron chi connectivity index (χ0n) is 5.57. The lowest BCUT2D eigenvalue weighted by molar-refractivity contribution is 0.467. The van der Waals surface area contributed by atoms with E-state index in [0.29, 0.717) is 6.54 Å². The molecule has 0 aromatic heterocycles. The van der Waals surface area contributed by atoms with E-state index in [2.05, 4.69) is 5.92 Å². The quantitative estimate of drug-likeness (QED) is 0.528. The van der Waals surface area contributed by atoms with Gasteiger partial charge in [0.2, 0.25) is 0 Å². The molecule has 1 heteroatoms. The predicted octanol–water partition coefficient (Wildman–Crippen LogP) is 0.995. The fourth-order valence-electron chi connectivity index (χ4n) is 0.433. The van der Waals surface area contributed by atoms with Gasteiger partial charge in [0.15, 0.2) is 0 Å². The van der Waals surface area contributed by atoms with Crippen LogP contribution in [0.5, 0.6) is 0 Å². The number of terminal acetylenes is 1. The average Bonchev–Trinajstić information content (AvgIpc) is 1.67. The van der Waals surface area contributed by atoms with Crippen molar-refractivity contribution in [3.63, 3.8) is 0 Å². The topological polar surface area (TPSA) is 26.0 Å². The van der Waals surface area contributed by atoms with Gasteiger partial charge in [-0.2, -0.15) is 0 Å². The Hall–Kier alpha value is -0.480. The largest absolute Gasteiger partial charge is 0.330 e. The zero-order chi connectivity index (χ0) is 6.62. The Labute approximate surface area is 51.3 Å². The van der Waals surface area contributed by atoms with Crippen molar-refractivity contribution in [1.82, 2.24) is 0 Å². The molecule has 0 fully saturated rings. The smallest absolute Gasteiger partial charge is 0.0267 e. The molecule has 0 aromatic carbocycles. The summed E-state index contributed by atoms with van der Waals surface area (Å²) in [6, 6.07) is 0. The first kappa shape index (κ1) is 7.52. The molecule has 0 aliphatic carbocycles. The molecular weight excluding hydrogens is 98.1 g/mol. The van der Waals surface area contributed by atoms with E-state index in [1.807, 2.05) is 13.8 Å². The Bertz CT molecular complexity index is 97.4. The Morgan fingerprint density at radius 1 is 1.62 bits per heavy atom. The molecule has 0 aromatic rings. The van der Waals surface area contributed by atoms with Crippen LogP contribution in [0.3, 0.4) is 0 Å². The van der Waals surface area contributed by atoms with Gasteiger partial charge in [0.25, 0.3) is 0 Å². The van der Waals surface area contributed by atoms with Crippen LogP contribution in [-0.2, 0) is 0 Å². The number of rotatable bonds is 2. The van der Waals surface area contributed by atoms with Crippen LogP contribution in [0.4, 0.5) is 0 Å². The highest BCUT2D eigenvalue weighted by Crippen LogP contribution is 2.16. The van der Waals surface area contributed by atoms with Gasteiger partial charge in [-0.05, 0) is 26.8 Å². The van der Waals surface area contributed by atoms with Crippen LogP contribution in [0, 0.1) is 17.8 Å². The van der Waals surface area contributed by atoms with Crippen molar-refractivity contribution in [2.75, 3.05) is 6.54 Å². The molecule has 8 heavy (non-hydrogen) atoms. The van der Waals surface area contributed by atoms with Gasteiger partial charge in [0, 0.05) is 5.41 Å². The van der Waals surface area contributed by atoms with Gasteiger partial charge in [-0.3, -0.25) is 0 Å². The lowest BCUT2D eigenvalue weighted by Crippen LogP contribution is -2.14. The summed E-state index contributed by atoms with van der Waals surface area (Å²) in [6.45, 7) is 4.71. The maximum absolute atomic E-state index is 5.29. The van der Waals surface area contributed by atoms with Crippen molar-refractivity contribution in [2.45, 2.75) is 20.3 Å². The van der Waals surface area contributed by atoms with Crippen LogP contribution in [0.1, 0.15) is 20.3 Å². The molecule has 0 amide bonds. The Morgan fingerprint density at radius 3 is 2.25 bits per heavy atom. The van der Waals surface area contributed by atoms with E-state index in [-0.39, 0.29) is 5.41 Å². The minimum absolute atomic E-state index is 0.00521. The molecule has 2 N–H and O–H groups in total. The van der Waals surface area contributed by atoms with Crippen molar-refractivity contribution < 1.29 is 0 Å². The van der Waals surface area contributed by atoms with Gasteiger partial charge in [-0.1, -0.05) is 0 Å². The average molecular weight is 111 g/mol. The minimum atomic E-state index is -0.00521. The van der Waals surface area contributed by atoms with E-state index >= 15 is 0 Å².